The van der Waals surface area contributed by atoms with Crippen LogP contribution in [0, 0.1) is 0 Å². The molecular formula is C18H28O6. The van der Waals surface area contributed by atoms with Gasteiger partial charge < -0.3 is 24.1 Å². The van der Waals surface area contributed by atoms with Crippen LogP contribution in [0.3, 0.4) is 0 Å². The van der Waals surface area contributed by atoms with Gasteiger partial charge in [0.15, 0.2) is 17.7 Å². The number of esters is 1. The summed E-state index contributed by atoms with van der Waals surface area (Å²) >= 11 is 0. The average molecular weight is 340 g/mol. The van der Waals surface area contributed by atoms with Crippen LogP contribution in [0.1, 0.15) is 70.6 Å². The second-order valence-corrected chi connectivity index (χ2v) is 7.71. The lowest BCUT2D eigenvalue weighted by Gasteiger charge is -2.33. The Morgan fingerprint density at radius 1 is 1.00 bits per heavy atom. The molecule has 0 bridgehead atoms. The number of carbonyl (C=O) groups excluding carboxylic acids is 1. The fourth-order valence-corrected chi connectivity index (χ4v) is 4.54. The third-order valence-electron chi connectivity index (χ3n) is 5.88. The van der Waals surface area contributed by atoms with Crippen molar-refractivity contribution >= 4 is 5.97 Å². The summed E-state index contributed by atoms with van der Waals surface area (Å²) in [5.74, 6) is -1.89. The summed E-state index contributed by atoms with van der Waals surface area (Å²) in [6.45, 7) is 0.369. The molecule has 1 spiro atoms. The van der Waals surface area contributed by atoms with Gasteiger partial charge in [-0.2, -0.15) is 0 Å². The standard InChI is InChI=1S/C18H28O6/c19-16-15-14(23-18(24-15)10-5-2-6-11-18)13(22-16)7-12-21-17(20)8-3-1-4-9-17/h13-15,20H,1-12H2/t13?,14-,15?/m1/s1. The minimum absolute atomic E-state index is 0.316. The number of cyclic esters (lactones) is 1. The van der Waals surface area contributed by atoms with Crippen molar-refractivity contribution in [3.8, 4) is 0 Å². The first kappa shape index (κ1) is 16.8. The summed E-state index contributed by atoms with van der Waals surface area (Å²) in [6.07, 6.45) is 8.87. The zero-order chi connectivity index (χ0) is 16.6. The van der Waals surface area contributed by atoms with Gasteiger partial charge in [0.2, 0.25) is 0 Å². The Morgan fingerprint density at radius 2 is 1.67 bits per heavy atom. The van der Waals surface area contributed by atoms with E-state index in [-0.39, 0.29) is 18.2 Å². The molecule has 6 heteroatoms. The molecule has 0 aromatic carbocycles. The molecule has 4 fully saturated rings. The third-order valence-corrected chi connectivity index (χ3v) is 5.88. The zero-order valence-electron chi connectivity index (χ0n) is 14.2. The van der Waals surface area contributed by atoms with Gasteiger partial charge in [-0.15, -0.1) is 0 Å². The number of hydrogen-bond donors (Lipinski definition) is 1. The second-order valence-electron chi connectivity index (χ2n) is 7.71. The number of carbonyl (C=O) groups is 1. The molecule has 3 atom stereocenters. The summed E-state index contributed by atoms with van der Waals surface area (Å²) in [5, 5.41) is 10.4. The molecule has 2 saturated carbocycles. The highest BCUT2D eigenvalue weighted by atomic mass is 16.8. The van der Waals surface area contributed by atoms with E-state index in [4.69, 9.17) is 18.9 Å². The van der Waals surface area contributed by atoms with Crippen LogP contribution in [0.25, 0.3) is 0 Å². The van der Waals surface area contributed by atoms with Gasteiger partial charge >= 0.3 is 5.97 Å². The van der Waals surface area contributed by atoms with E-state index in [1.807, 2.05) is 0 Å². The Labute approximate surface area is 142 Å². The van der Waals surface area contributed by atoms with E-state index in [9.17, 15) is 9.90 Å². The Hall–Kier alpha value is -0.690. The Balaban J connectivity index is 1.32. The molecule has 2 saturated heterocycles. The predicted molar refractivity (Wildman–Crippen MR) is 84.0 cm³/mol. The number of aliphatic hydroxyl groups is 1. The van der Waals surface area contributed by atoms with Crippen LogP contribution in [-0.2, 0) is 23.7 Å². The Bertz CT molecular complexity index is 466. The van der Waals surface area contributed by atoms with Crippen molar-refractivity contribution in [3.05, 3.63) is 0 Å². The molecule has 24 heavy (non-hydrogen) atoms. The van der Waals surface area contributed by atoms with Crippen LogP contribution in [0.5, 0.6) is 0 Å². The zero-order valence-corrected chi connectivity index (χ0v) is 14.2. The van der Waals surface area contributed by atoms with Crippen molar-refractivity contribution in [3.63, 3.8) is 0 Å². The second kappa shape index (κ2) is 6.56. The summed E-state index contributed by atoms with van der Waals surface area (Å²) in [7, 11) is 0. The molecule has 0 amide bonds. The number of ether oxygens (including phenoxy) is 4. The monoisotopic (exact) mass is 340 g/mol. The van der Waals surface area contributed by atoms with Gasteiger partial charge in [0.1, 0.15) is 12.2 Å². The van der Waals surface area contributed by atoms with Crippen LogP contribution in [0.2, 0.25) is 0 Å². The van der Waals surface area contributed by atoms with Gasteiger partial charge in [0.25, 0.3) is 0 Å². The highest BCUT2D eigenvalue weighted by Gasteiger charge is 2.58. The van der Waals surface area contributed by atoms with Crippen LogP contribution in [0.4, 0.5) is 0 Å². The molecule has 2 unspecified atom stereocenters. The lowest BCUT2D eigenvalue weighted by Crippen LogP contribution is -2.38. The first-order chi connectivity index (χ1) is 11.6. The van der Waals surface area contributed by atoms with Crippen molar-refractivity contribution in [1.82, 2.24) is 0 Å². The molecule has 4 rings (SSSR count). The summed E-state index contributed by atoms with van der Waals surface area (Å²) in [5.41, 5.74) is 0. The number of hydrogen-bond acceptors (Lipinski definition) is 6. The van der Waals surface area contributed by atoms with E-state index in [0.29, 0.717) is 25.9 Å². The molecule has 2 aliphatic heterocycles. The Morgan fingerprint density at radius 3 is 2.38 bits per heavy atom. The Kier molecular flexibility index (Phi) is 4.58. The van der Waals surface area contributed by atoms with Crippen molar-refractivity contribution in [1.29, 1.82) is 0 Å². The molecule has 4 aliphatic rings. The van der Waals surface area contributed by atoms with Crippen molar-refractivity contribution in [2.75, 3.05) is 6.61 Å². The normalized spacial score (nSPS) is 37.4. The topological polar surface area (TPSA) is 74.2 Å². The molecule has 0 aromatic rings. The molecule has 1 N–H and O–H groups in total. The lowest BCUT2D eigenvalue weighted by molar-refractivity contribution is -0.230. The number of fused-ring (bicyclic) bond motifs is 1. The van der Waals surface area contributed by atoms with Gasteiger partial charge in [-0.3, -0.25) is 0 Å². The molecule has 2 aliphatic carbocycles. The fourth-order valence-electron chi connectivity index (χ4n) is 4.54. The summed E-state index contributed by atoms with van der Waals surface area (Å²) in [4.78, 5) is 12.1. The average Bonchev–Trinajstić information content (AvgIpc) is 3.06. The minimum Gasteiger partial charge on any atom is -0.457 e. The van der Waals surface area contributed by atoms with E-state index in [1.54, 1.807) is 0 Å². The maximum atomic E-state index is 12.1. The van der Waals surface area contributed by atoms with E-state index < -0.39 is 17.7 Å². The maximum absolute atomic E-state index is 12.1. The minimum atomic E-state index is -1.00. The van der Waals surface area contributed by atoms with Crippen LogP contribution in [-0.4, -0.2) is 47.6 Å². The summed E-state index contributed by atoms with van der Waals surface area (Å²) < 4.78 is 23.3. The molecular weight excluding hydrogens is 312 g/mol. The van der Waals surface area contributed by atoms with Gasteiger partial charge in [0, 0.05) is 32.1 Å². The molecule has 2 heterocycles. The van der Waals surface area contributed by atoms with Gasteiger partial charge in [0.05, 0.1) is 6.61 Å². The first-order valence-corrected chi connectivity index (χ1v) is 9.52. The highest BCUT2D eigenvalue weighted by Crippen LogP contribution is 2.44. The lowest BCUT2D eigenvalue weighted by atomic mass is 9.94. The molecule has 6 nitrogen and oxygen atoms in total. The third kappa shape index (κ3) is 3.21. The predicted octanol–water partition coefficient (Wildman–Crippen LogP) is 2.42. The van der Waals surface area contributed by atoms with E-state index in [2.05, 4.69) is 0 Å². The smallest absolute Gasteiger partial charge is 0.338 e. The molecule has 136 valence electrons. The summed E-state index contributed by atoms with van der Waals surface area (Å²) in [6, 6.07) is 0. The van der Waals surface area contributed by atoms with Crippen LogP contribution in [0.15, 0.2) is 0 Å². The van der Waals surface area contributed by atoms with Crippen molar-refractivity contribution < 1.29 is 28.8 Å². The number of rotatable bonds is 4. The van der Waals surface area contributed by atoms with Crippen molar-refractivity contribution in [2.24, 2.45) is 0 Å². The maximum Gasteiger partial charge on any atom is 0.338 e. The van der Waals surface area contributed by atoms with Gasteiger partial charge in [-0.05, 0) is 25.7 Å². The molecule has 0 radical (unpaired) electrons. The van der Waals surface area contributed by atoms with Gasteiger partial charge in [-0.1, -0.05) is 12.8 Å². The molecule has 0 aromatic heterocycles. The van der Waals surface area contributed by atoms with E-state index >= 15 is 0 Å². The van der Waals surface area contributed by atoms with E-state index in [0.717, 1.165) is 44.9 Å². The highest BCUT2D eigenvalue weighted by molar-refractivity contribution is 5.78. The SMILES string of the molecule is O=C1OC(CCOC2(O)CCCCC2)[C@H]2OC3(CCCCC3)OC12. The van der Waals surface area contributed by atoms with Crippen molar-refractivity contribution in [2.45, 2.75) is 101 Å². The quantitative estimate of drug-likeness (QED) is 0.626. The van der Waals surface area contributed by atoms with E-state index in [1.165, 1.54) is 6.42 Å². The van der Waals surface area contributed by atoms with Gasteiger partial charge in [-0.25, -0.2) is 4.79 Å². The fraction of sp³-hybridized carbons (Fsp3) is 0.944. The van der Waals surface area contributed by atoms with Crippen LogP contribution < -0.4 is 0 Å². The van der Waals surface area contributed by atoms with Crippen LogP contribution >= 0.6 is 0 Å². The first-order valence-electron chi connectivity index (χ1n) is 9.52. The largest absolute Gasteiger partial charge is 0.457 e.